The summed E-state index contributed by atoms with van der Waals surface area (Å²) in [5, 5.41) is 7.41. The molecule has 1 heterocycles. The zero-order valence-corrected chi connectivity index (χ0v) is 16.5. The lowest BCUT2D eigenvalue weighted by Crippen LogP contribution is -2.44. The van der Waals surface area contributed by atoms with Crippen molar-refractivity contribution in [2.45, 2.75) is 17.9 Å². The Balaban J connectivity index is 1.57. The molecule has 0 unspecified atom stereocenters. The lowest BCUT2D eigenvalue weighted by molar-refractivity contribution is -0.150. The van der Waals surface area contributed by atoms with Gasteiger partial charge in [0.2, 0.25) is 10.0 Å². The van der Waals surface area contributed by atoms with Crippen molar-refractivity contribution >= 4 is 39.4 Å². The molecule has 0 fully saturated rings. The maximum Gasteiger partial charge on any atom is 0.329 e. The van der Waals surface area contributed by atoms with Crippen molar-refractivity contribution in [1.29, 1.82) is 0 Å². The Morgan fingerprint density at radius 1 is 1.03 bits per heavy atom. The van der Waals surface area contributed by atoms with Gasteiger partial charge in [-0.05, 0) is 43.3 Å². The van der Waals surface area contributed by atoms with E-state index in [0.29, 0.717) is 0 Å². The summed E-state index contributed by atoms with van der Waals surface area (Å²) < 4.78 is 27.3. The predicted octanol–water partition coefficient (Wildman–Crippen LogP) is 0.500. The number of carbonyl (C=O) groups excluding carboxylic acids is 4. The number of carbonyl (C=O) groups is 4. The monoisotopic (exact) mass is 431 g/mol. The second kappa shape index (κ2) is 8.05. The number of benzene rings is 2. The molecule has 3 amide bonds. The van der Waals surface area contributed by atoms with E-state index in [9.17, 15) is 27.6 Å². The summed E-state index contributed by atoms with van der Waals surface area (Å²) >= 11 is 0. The highest BCUT2D eigenvalue weighted by Crippen LogP contribution is 2.24. The number of rotatable bonds is 6. The van der Waals surface area contributed by atoms with E-state index >= 15 is 0 Å². The molecular formula is C19H17N3O7S. The van der Waals surface area contributed by atoms with Crippen LogP contribution in [-0.2, 0) is 24.3 Å². The molecule has 0 spiro atoms. The Morgan fingerprint density at radius 3 is 2.07 bits per heavy atom. The summed E-state index contributed by atoms with van der Waals surface area (Å²) in [6, 6.07) is 10.0. The lowest BCUT2D eigenvalue weighted by atomic mass is 10.1. The van der Waals surface area contributed by atoms with Crippen molar-refractivity contribution in [3.63, 3.8) is 0 Å². The van der Waals surface area contributed by atoms with Crippen molar-refractivity contribution in [3.05, 3.63) is 59.7 Å². The van der Waals surface area contributed by atoms with Crippen LogP contribution < -0.4 is 10.5 Å². The highest BCUT2D eigenvalue weighted by atomic mass is 32.2. The van der Waals surface area contributed by atoms with Crippen LogP contribution in [-0.4, -0.2) is 49.7 Å². The average molecular weight is 431 g/mol. The number of imide groups is 1. The first-order valence-electron chi connectivity index (χ1n) is 8.66. The number of hydrogen-bond acceptors (Lipinski definition) is 7. The molecule has 10 nitrogen and oxygen atoms in total. The number of nitrogens with one attached hydrogen (secondary N) is 1. The van der Waals surface area contributed by atoms with Crippen molar-refractivity contribution in [2.24, 2.45) is 5.14 Å². The molecule has 11 heteroatoms. The summed E-state index contributed by atoms with van der Waals surface area (Å²) in [6.07, 6.45) is 0. The van der Waals surface area contributed by atoms with E-state index < -0.39 is 46.4 Å². The number of fused-ring (bicyclic) bond motifs is 1. The van der Waals surface area contributed by atoms with Gasteiger partial charge in [0.05, 0.1) is 16.0 Å². The van der Waals surface area contributed by atoms with E-state index in [2.05, 4.69) is 5.32 Å². The Hall–Kier alpha value is -3.57. The van der Waals surface area contributed by atoms with Crippen LogP contribution in [0.4, 0.5) is 5.69 Å². The van der Waals surface area contributed by atoms with Crippen LogP contribution in [0.2, 0.25) is 0 Å². The van der Waals surface area contributed by atoms with E-state index in [4.69, 9.17) is 9.88 Å². The molecule has 2 aromatic rings. The number of anilines is 1. The van der Waals surface area contributed by atoms with Gasteiger partial charge in [-0.3, -0.25) is 19.3 Å². The summed E-state index contributed by atoms with van der Waals surface area (Å²) in [6.45, 7) is 0.664. The topological polar surface area (TPSA) is 153 Å². The fourth-order valence-corrected chi connectivity index (χ4v) is 3.36. The number of ether oxygens (including phenoxy) is 1. The molecule has 0 aromatic heterocycles. The number of nitrogens with two attached hydrogens (primary N) is 1. The van der Waals surface area contributed by atoms with Crippen LogP contribution in [0.1, 0.15) is 27.6 Å². The van der Waals surface area contributed by atoms with Gasteiger partial charge in [-0.25, -0.2) is 18.4 Å². The number of primary sulfonamides is 1. The maximum atomic E-state index is 12.4. The molecule has 3 N–H and O–H groups in total. The zero-order valence-electron chi connectivity index (χ0n) is 15.7. The Labute approximate surface area is 171 Å². The molecule has 156 valence electrons. The van der Waals surface area contributed by atoms with Crippen molar-refractivity contribution in [3.8, 4) is 0 Å². The third-order valence-corrected chi connectivity index (χ3v) is 5.30. The molecule has 0 radical (unpaired) electrons. The fourth-order valence-electron chi connectivity index (χ4n) is 2.85. The van der Waals surface area contributed by atoms with E-state index in [1.165, 1.54) is 43.3 Å². The minimum Gasteiger partial charge on any atom is -0.454 e. The largest absolute Gasteiger partial charge is 0.454 e. The molecular weight excluding hydrogens is 414 g/mol. The van der Waals surface area contributed by atoms with Gasteiger partial charge in [0.1, 0.15) is 6.04 Å². The first-order valence-corrected chi connectivity index (χ1v) is 10.2. The van der Waals surface area contributed by atoms with Gasteiger partial charge in [0, 0.05) is 5.69 Å². The molecule has 1 atom stereocenters. The number of amides is 3. The summed E-state index contributed by atoms with van der Waals surface area (Å²) in [5.41, 5.74) is 0.655. The van der Waals surface area contributed by atoms with Crippen molar-refractivity contribution in [2.75, 3.05) is 11.9 Å². The third-order valence-electron chi connectivity index (χ3n) is 4.37. The van der Waals surface area contributed by atoms with E-state index in [-0.39, 0.29) is 21.7 Å². The van der Waals surface area contributed by atoms with Crippen LogP contribution in [0.15, 0.2) is 53.4 Å². The van der Waals surface area contributed by atoms with Crippen LogP contribution in [0, 0.1) is 0 Å². The maximum absolute atomic E-state index is 12.4. The Bertz CT molecular complexity index is 1110. The van der Waals surface area contributed by atoms with Gasteiger partial charge < -0.3 is 10.1 Å². The predicted molar refractivity (Wildman–Crippen MR) is 104 cm³/mol. The number of nitrogens with zero attached hydrogens (tertiary/aromatic N) is 1. The highest BCUT2D eigenvalue weighted by molar-refractivity contribution is 7.89. The minimum absolute atomic E-state index is 0.123. The quantitative estimate of drug-likeness (QED) is 0.499. The van der Waals surface area contributed by atoms with Crippen LogP contribution in [0.3, 0.4) is 0 Å². The Kier molecular flexibility index (Phi) is 5.67. The summed E-state index contributed by atoms with van der Waals surface area (Å²) in [7, 11) is -3.86. The second-order valence-electron chi connectivity index (χ2n) is 6.43. The van der Waals surface area contributed by atoms with Gasteiger partial charge in [0.15, 0.2) is 6.61 Å². The molecule has 0 aliphatic carbocycles. The van der Waals surface area contributed by atoms with E-state index in [1.54, 1.807) is 12.1 Å². The standard InChI is InChI=1S/C19H17N3O7S/c1-11(22-17(24)14-4-2-3-5-15(14)18(22)25)19(26)29-10-16(23)21-12-6-8-13(9-7-12)30(20,27)28/h2-9,11H,10H2,1H3,(H,21,23)(H2,20,27,28)/t11-/m0/s1. The molecule has 2 aromatic carbocycles. The summed E-state index contributed by atoms with van der Waals surface area (Å²) in [4.78, 5) is 49.7. The third kappa shape index (κ3) is 4.21. The van der Waals surface area contributed by atoms with Crippen molar-refractivity contribution in [1.82, 2.24) is 4.90 Å². The average Bonchev–Trinajstić information content (AvgIpc) is 2.96. The smallest absolute Gasteiger partial charge is 0.329 e. The fraction of sp³-hybridized carbons (Fsp3) is 0.158. The zero-order chi connectivity index (χ0) is 22.1. The van der Waals surface area contributed by atoms with Gasteiger partial charge in [-0.15, -0.1) is 0 Å². The van der Waals surface area contributed by atoms with Gasteiger partial charge in [0.25, 0.3) is 17.7 Å². The molecule has 0 saturated heterocycles. The first kappa shape index (κ1) is 21.1. The molecule has 1 aliphatic heterocycles. The van der Waals surface area contributed by atoms with Gasteiger partial charge >= 0.3 is 5.97 Å². The van der Waals surface area contributed by atoms with Crippen molar-refractivity contribution < 1.29 is 32.3 Å². The number of sulfonamides is 1. The SMILES string of the molecule is C[C@@H](C(=O)OCC(=O)Nc1ccc(S(N)(=O)=O)cc1)N1C(=O)c2ccccc2C1=O. The van der Waals surface area contributed by atoms with E-state index in [1.807, 2.05) is 0 Å². The van der Waals surface area contributed by atoms with Gasteiger partial charge in [-0.1, -0.05) is 12.1 Å². The number of esters is 1. The van der Waals surface area contributed by atoms with E-state index in [0.717, 1.165) is 4.90 Å². The molecule has 30 heavy (non-hydrogen) atoms. The second-order valence-corrected chi connectivity index (χ2v) is 7.99. The van der Waals surface area contributed by atoms with Crippen LogP contribution >= 0.6 is 0 Å². The van der Waals surface area contributed by atoms with Crippen LogP contribution in [0.25, 0.3) is 0 Å². The molecule has 1 aliphatic rings. The molecule has 0 bridgehead atoms. The normalized spacial score (nSPS) is 14.3. The lowest BCUT2D eigenvalue weighted by Gasteiger charge is -2.20. The summed E-state index contributed by atoms with van der Waals surface area (Å²) in [5.74, 6) is -2.84. The minimum atomic E-state index is -3.86. The first-order chi connectivity index (χ1) is 14.1. The van der Waals surface area contributed by atoms with Crippen LogP contribution in [0.5, 0.6) is 0 Å². The molecule has 0 saturated carbocycles. The highest BCUT2D eigenvalue weighted by Gasteiger charge is 2.41. The molecule has 3 rings (SSSR count). The number of hydrogen-bond donors (Lipinski definition) is 2. The Morgan fingerprint density at radius 2 is 1.57 bits per heavy atom. The van der Waals surface area contributed by atoms with Gasteiger partial charge in [-0.2, -0.15) is 0 Å².